The van der Waals surface area contributed by atoms with Crippen molar-refractivity contribution in [2.45, 2.75) is 6.42 Å². The van der Waals surface area contributed by atoms with Crippen molar-refractivity contribution in [3.05, 3.63) is 48.3 Å². The number of nitrogens with two attached hydrogens (primary N) is 1. The van der Waals surface area contributed by atoms with Gasteiger partial charge >= 0.3 is 0 Å². The molecule has 84 valence electrons. The van der Waals surface area contributed by atoms with Crippen LogP contribution in [0.4, 0.5) is 5.69 Å². The summed E-state index contributed by atoms with van der Waals surface area (Å²) in [5.41, 5.74) is 7.17. The van der Waals surface area contributed by atoms with E-state index in [0.29, 0.717) is 23.6 Å². The quantitative estimate of drug-likeness (QED) is 0.871. The normalized spacial score (nSPS) is 9.59. The number of rotatable bonds is 3. The largest absolute Gasteiger partial charge is 0.455 e. The van der Waals surface area contributed by atoms with Gasteiger partial charge in [-0.3, -0.25) is 4.98 Å². The SMILES string of the molecule is N#CCc1ccc(Oc2ccncc2N)cc1. The predicted molar refractivity (Wildman–Crippen MR) is 64.5 cm³/mol. The molecule has 4 heteroatoms. The lowest BCUT2D eigenvalue weighted by atomic mass is 10.2. The highest BCUT2D eigenvalue weighted by atomic mass is 16.5. The third kappa shape index (κ3) is 2.73. The van der Waals surface area contributed by atoms with Gasteiger partial charge in [0.1, 0.15) is 5.75 Å². The van der Waals surface area contributed by atoms with Gasteiger partial charge in [-0.2, -0.15) is 5.26 Å². The Hall–Kier alpha value is -2.54. The van der Waals surface area contributed by atoms with Gasteiger partial charge in [-0.25, -0.2) is 0 Å². The molecule has 0 saturated carbocycles. The molecule has 1 aromatic carbocycles. The summed E-state index contributed by atoms with van der Waals surface area (Å²) < 4.78 is 5.59. The molecule has 0 amide bonds. The average Bonchev–Trinajstić information content (AvgIpc) is 2.35. The van der Waals surface area contributed by atoms with Crippen LogP contribution in [-0.4, -0.2) is 4.98 Å². The number of nitrogen functional groups attached to an aromatic ring is 1. The molecule has 0 aliphatic carbocycles. The Labute approximate surface area is 99.3 Å². The first-order valence-electron chi connectivity index (χ1n) is 5.13. The van der Waals surface area contributed by atoms with Crippen LogP contribution in [0.2, 0.25) is 0 Å². The van der Waals surface area contributed by atoms with Crippen molar-refractivity contribution in [2.24, 2.45) is 0 Å². The highest BCUT2D eigenvalue weighted by Gasteiger charge is 2.01. The Balaban J connectivity index is 2.15. The van der Waals surface area contributed by atoms with Gasteiger partial charge in [0, 0.05) is 12.3 Å². The molecule has 1 aromatic heterocycles. The first-order valence-corrected chi connectivity index (χ1v) is 5.13. The molecule has 2 N–H and O–H groups in total. The minimum Gasteiger partial charge on any atom is -0.455 e. The van der Waals surface area contributed by atoms with Crippen LogP contribution >= 0.6 is 0 Å². The molecule has 0 saturated heterocycles. The second-order valence-electron chi connectivity index (χ2n) is 3.49. The number of nitriles is 1. The lowest BCUT2D eigenvalue weighted by molar-refractivity contribution is 0.484. The first kappa shape index (κ1) is 11.0. The number of hydrogen-bond donors (Lipinski definition) is 1. The molecule has 1 heterocycles. The maximum absolute atomic E-state index is 8.56. The second kappa shape index (κ2) is 4.99. The molecule has 0 bridgehead atoms. The zero-order valence-corrected chi connectivity index (χ0v) is 9.13. The van der Waals surface area contributed by atoms with Crippen LogP contribution in [0.25, 0.3) is 0 Å². The zero-order chi connectivity index (χ0) is 12.1. The summed E-state index contributed by atoms with van der Waals surface area (Å²) in [6.07, 6.45) is 3.56. The molecule has 2 rings (SSSR count). The molecule has 0 aliphatic rings. The minimum atomic E-state index is 0.400. The number of nitrogens with zero attached hydrogens (tertiary/aromatic N) is 2. The summed E-state index contributed by atoms with van der Waals surface area (Å²) in [7, 11) is 0. The van der Waals surface area contributed by atoms with Crippen LogP contribution in [0.3, 0.4) is 0 Å². The van der Waals surface area contributed by atoms with Crippen molar-refractivity contribution in [1.82, 2.24) is 4.98 Å². The summed E-state index contributed by atoms with van der Waals surface area (Å²) in [5.74, 6) is 1.26. The van der Waals surface area contributed by atoms with Gasteiger partial charge in [0.2, 0.25) is 0 Å². The Morgan fingerprint density at radius 1 is 1.24 bits per heavy atom. The molecule has 0 aliphatic heterocycles. The Bertz CT molecular complexity index is 543. The van der Waals surface area contributed by atoms with Crippen molar-refractivity contribution >= 4 is 5.69 Å². The Morgan fingerprint density at radius 3 is 2.65 bits per heavy atom. The van der Waals surface area contributed by atoms with E-state index in [1.165, 1.54) is 0 Å². The van der Waals surface area contributed by atoms with E-state index in [4.69, 9.17) is 15.7 Å². The van der Waals surface area contributed by atoms with E-state index in [1.54, 1.807) is 18.5 Å². The number of aromatic nitrogens is 1. The smallest absolute Gasteiger partial charge is 0.153 e. The number of benzene rings is 1. The van der Waals surface area contributed by atoms with E-state index in [0.717, 1.165) is 5.56 Å². The van der Waals surface area contributed by atoms with E-state index in [9.17, 15) is 0 Å². The van der Waals surface area contributed by atoms with E-state index < -0.39 is 0 Å². The summed E-state index contributed by atoms with van der Waals surface area (Å²) in [5, 5.41) is 8.56. The van der Waals surface area contributed by atoms with Gasteiger partial charge in [-0.1, -0.05) is 12.1 Å². The van der Waals surface area contributed by atoms with Gasteiger partial charge in [0.25, 0.3) is 0 Å². The predicted octanol–water partition coefficient (Wildman–Crippen LogP) is 2.52. The van der Waals surface area contributed by atoms with Crippen molar-refractivity contribution in [3.63, 3.8) is 0 Å². The van der Waals surface area contributed by atoms with Crippen molar-refractivity contribution in [3.8, 4) is 17.6 Å². The summed E-state index contributed by atoms with van der Waals surface area (Å²) in [6.45, 7) is 0. The molecule has 17 heavy (non-hydrogen) atoms. The van der Waals surface area contributed by atoms with Crippen molar-refractivity contribution in [2.75, 3.05) is 5.73 Å². The third-order valence-corrected chi connectivity index (χ3v) is 2.24. The molecule has 0 radical (unpaired) electrons. The summed E-state index contributed by atoms with van der Waals surface area (Å²) in [6, 6.07) is 11.1. The van der Waals surface area contributed by atoms with Gasteiger partial charge in [0.05, 0.1) is 24.4 Å². The number of pyridine rings is 1. The monoisotopic (exact) mass is 225 g/mol. The molecular weight excluding hydrogens is 214 g/mol. The number of anilines is 1. The minimum absolute atomic E-state index is 0.400. The highest BCUT2D eigenvalue weighted by Crippen LogP contribution is 2.26. The van der Waals surface area contributed by atoms with Crippen LogP contribution in [0, 0.1) is 11.3 Å². The molecule has 0 spiro atoms. The van der Waals surface area contributed by atoms with E-state index in [-0.39, 0.29) is 0 Å². The fourth-order valence-corrected chi connectivity index (χ4v) is 1.38. The third-order valence-electron chi connectivity index (χ3n) is 2.24. The fraction of sp³-hybridized carbons (Fsp3) is 0.0769. The van der Waals surface area contributed by atoms with Crippen LogP contribution < -0.4 is 10.5 Å². The maximum Gasteiger partial charge on any atom is 0.153 e. The molecule has 2 aromatic rings. The van der Waals surface area contributed by atoms with Crippen LogP contribution in [-0.2, 0) is 6.42 Å². The summed E-state index contributed by atoms with van der Waals surface area (Å²) >= 11 is 0. The van der Waals surface area contributed by atoms with Gasteiger partial charge in [0.15, 0.2) is 5.75 Å². The van der Waals surface area contributed by atoms with Gasteiger partial charge in [-0.05, 0) is 17.7 Å². The number of ether oxygens (including phenoxy) is 1. The van der Waals surface area contributed by atoms with Crippen LogP contribution in [0.1, 0.15) is 5.56 Å². The molecule has 0 unspecified atom stereocenters. The van der Waals surface area contributed by atoms with Gasteiger partial charge < -0.3 is 10.5 Å². The standard InChI is InChI=1S/C13H11N3O/c14-7-5-10-1-3-11(4-2-10)17-13-6-8-16-9-12(13)15/h1-4,6,8-9H,5,15H2. The van der Waals surface area contributed by atoms with Crippen molar-refractivity contribution < 1.29 is 4.74 Å². The lowest BCUT2D eigenvalue weighted by Crippen LogP contribution is -1.92. The summed E-state index contributed by atoms with van der Waals surface area (Å²) in [4.78, 5) is 3.88. The van der Waals surface area contributed by atoms with Crippen molar-refractivity contribution in [1.29, 1.82) is 5.26 Å². The maximum atomic E-state index is 8.56. The zero-order valence-electron chi connectivity index (χ0n) is 9.13. The van der Waals surface area contributed by atoms with E-state index in [2.05, 4.69) is 11.1 Å². The Kier molecular flexibility index (Phi) is 3.22. The highest BCUT2D eigenvalue weighted by molar-refractivity contribution is 5.51. The topological polar surface area (TPSA) is 71.9 Å². The fourth-order valence-electron chi connectivity index (χ4n) is 1.38. The lowest BCUT2D eigenvalue weighted by Gasteiger charge is -2.07. The molecule has 0 atom stereocenters. The Morgan fingerprint density at radius 2 is 2.00 bits per heavy atom. The van der Waals surface area contributed by atoms with Crippen LogP contribution in [0.5, 0.6) is 11.5 Å². The van der Waals surface area contributed by atoms with Crippen LogP contribution in [0.15, 0.2) is 42.7 Å². The van der Waals surface area contributed by atoms with E-state index in [1.807, 2.05) is 24.3 Å². The van der Waals surface area contributed by atoms with E-state index >= 15 is 0 Å². The first-order chi connectivity index (χ1) is 8.29. The molecular formula is C13H11N3O. The number of hydrogen-bond acceptors (Lipinski definition) is 4. The molecule has 0 fully saturated rings. The second-order valence-corrected chi connectivity index (χ2v) is 3.49. The molecule has 4 nitrogen and oxygen atoms in total. The average molecular weight is 225 g/mol. The van der Waals surface area contributed by atoms with Gasteiger partial charge in [-0.15, -0.1) is 0 Å².